The summed E-state index contributed by atoms with van der Waals surface area (Å²) in [5, 5.41) is 21.9. The van der Waals surface area contributed by atoms with Gasteiger partial charge in [0.05, 0.1) is 34.5 Å². The Labute approximate surface area is 324 Å². The highest BCUT2D eigenvalue weighted by Crippen LogP contribution is 2.58. The Hall–Kier alpha value is -4.19. The lowest BCUT2D eigenvalue weighted by Gasteiger charge is -2.59. The Morgan fingerprint density at radius 2 is 1.69 bits per heavy atom. The highest BCUT2D eigenvalue weighted by atomic mass is 31.1. The third kappa shape index (κ3) is 6.45. The molecule has 55 heavy (non-hydrogen) atoms. The van der Waals surface area contributed by atoms with Crippen LogP contribution in [-0.4, -0.2) is 61.2 Å². The number of anilines is 1. The van der Waals surface area contributed by atoms with Crippen molar-refractivity contribution in [3.05, 3.63) is 65.7 Å². The molecule has 1 aromatic carbocycles. The molecular formula is C41H46FN7O4P2. The molecule has 11 nitrogen and oxygen atoms in total. The van der Waals surface area contributed by atoms with Gasteiger partial charge < -0.3 is 24.6 Å². The van der Waals surface area contributed by atoms with E-state index in [1.165, 1.54) is 0 Å². The van der Waals surface area contributed by atoms with Gasteiger partial charge in [-0.2, -0.15) is 5.26 Å². The Balaban J connectivity index is 1.01. The van der Waals surface area contributed by atoms with E-state index in [1.54, 1.807) is 12.1 Å². The van der Waals surface area contributed by atoms with Crippen LogP contribution in [0.4, 0.5) is 10.3 Å². The fourth-order valence-corrected chi connectivity index (χ4v) is 11.0. The number of nitrogens with zero attached hydrogens (tertiary/aromatic N) is 6. The number of carbonyl (C=O) groups excluding carboxylic acids is 1. The molecule has 10 rings (SSSR count). The molecule has 1 amide bonds. The van der Waals surface area contributed by atoms with Crippen molar-refractivity contribution in [2.24, 2.45) is 29.6 Å². The third-order valence-electron chi connectivity index (χ3n) is 13.2. The number of hydrogen-bond acceptors (Lipinski definition) is 8. The number of ether oxygens (including phenoxy) is 1. The number of carbonyl (C=O) groups is 2. The number of aromatic nitrogens is 4. The summed E-state index contributed by atoms with van der Waals surface area (Å²) in [5.41, 5.74) is 1.75. The molecule has 0 spiro atoms. The highest BCUT2D eigenvalue weighted by molar-refractivity contribution is 7.38. The number of carboxylic acids is 1. The number of rotatable bonds is 9. The zero-order valence-electron chi connectivity index (χ0n) is 30.8. The highest BCUT2D eigenvalue weighted by Gasteiger charge is 2.62. The molecule has 2 N–H and O–H groups in total. The Kier molecular flexibility index (Phi) is 9.13. The van der Waals surface area contributed by atoms with Gasteiger partial charge in [0.2, 0.25) is 5.95 Å². The Bertz CT molecular complexity index is 2170. The van der Waals surface area contributed by atoms with E-state index in [4.69, 9.17) is 9.72 Å². The fraction of sp³-hybridized carbons (Fsp3) is 0.512. The molecule has 4 aromatic rings. The number of pyridine rings is 1. The van der Waals surface area contributed by atoms with Crippen LogP contribution in [-0.2, 0) is 9.95 Å². The molecule has 4 bridgehead atoms. The molecule has 0 radical (unpaired) electrons. The first kappa shape index (κ1) is 36.4. The lowest BCUT2D eigenvalue weighted by atomic mass is 9.48. The number of nitriles is 1. The van der Waals surface area contributed by atoms with Gasteiger partial charge in [-0.15, -0.1) is 0 Å². The van der Waals surface area contributed by atoms with E-state index in [-0.39, 0.29) is 41.2 Å². The van der Waals surface area contributed by atoms with Crippen molar-refractivity contribution in [3.8, 4) is 23.1 Å². The summed E-state index contributed by atoms with van der Waals surface area (Å²) in [7, 11) is 4.26. The van der Waals surface area contributed by atoms with Crippen LogP contribution in [0, 0.1) is 47.8 Å². The number of nitrogens with one attached hydrogen (secondary N) is 1. The van der Waals surface area contributed by atoms with Crippen LogP contribution in [0.1, 0.15) is 85.4 Å². The van der Waals surface area contributed by atoms with E-state index in [9.17, 15) is 20.0 Å². The summed E-state index contributed by atoms with van der Waals surface area (Å²) in [4.78, 5) is 43.1. The molecule has 1 saturated heterocycles. The summed E-state index contributed by atoms with van der Waals surface area (Å²) in [6.07, 6.45) is 13.1. The number of hydrogen-bond donors (Lipinski definition) is 2. The van der Waals surface area contributed by atoms with Crippen LogP contribution in [0.15, 0.2) is 48.9 Å². The third-order valence-corrected chi connectivity index (χ3v) is 13.7. The molecule has 6 fully saturated rings. The van der Waals surface area contributed by atoms with Crippen LogP contribution in [0.5, 0.6) is 5.75 Å². The van der Waals surface area contributed by atoms with Crippen molar-refractivity contribution in [2.45, 2.75) is 87.5 Å². The van der Waals surface area contributed by atoms with Crippen molar-refractivity contribution in [1.29, 1.82) is 5.26 Å². The standard InChI is InChI=1S/C41H46FN7O4P2/c1-22-19-44-39(45-20-22)48-8-6-29(7-9-48)53-30-2-3-31-33(21-49(35(31)17-30)28-15-25(16-28)18-43)34-5-4-32(36(46-34)41(42,54)55)37(50)47-40(38(51)52)26-11-23-10-24(13-26)14-27(40)12-23/h2-5,17,19-21,23-29H,6-16,54-55H2,1H3,(H,47,50)(H,51,52). The SMILES string of the molecule is Cc1cnc(N2CCC(Oc3ccc4c(-c5ccc(C(=O)NC6(C(=O)O)C7CC8CC(C7)CC6C8)c(C(F)(P)P)n5)cn(C5CC(C#N)C5)c4c3)CC2)nc1. The van der Waals surface area contributed by atoms with Crippen LogP contribution in [0.3, 0.4) is 0 Å². The first-order valence-electron chi connectivity index (χ1n) is 19.5. The second-order valence-corrected chi connectivity index (χ2v) is 19.1. The summed E-state index contributed by atoms with van der Waals surface area (Å²) in [6, 6.07) is 11.8. The van der Waals surface area contributed by atoms with Gasteiger partial charge in [-0.3, -0.25) is 4.79 Å². The van der Waals surface area contributed by atoms with E-state index in [2.05, 4.69) is 49.3 Å². The number of aliphatic carboxylic acids is 1. The number of fused-ring (bicyclic) bond motifs is 1. The first-order valence-corrected chi connectivity index (χ1v) is 20.6. The molecule has 5 saturated carbocycles. The van der Waals surface area contributed by atoms with Gasteiger partial charge >= 0.3 is 5.97 Å². The maximum atomic E-state index is 16.1. The van der Waals surface area contributed by atoms with Crippen molar-refractivity contribution in [2.75, 3.05) is 18.0 Å². The smallest absolute Gasteiger partial charge is 0.330 e. The largest absolute Gasteiger partial charge is 0.490 e. The van der Waals surface area contributed by atoms with E-state index in [0.717, 1.165) is 105 Å². The van der Waals surface area contributed by atoms with Gasteiger partial charge in [-0.05, 0) is 105 Å². The van der Waals surface area contributed by atoms with Crippen LogP contribution in [0.25, 0.3) is 22.2 Å². The van der Waals surface area contributed by atoms with E-state index >= 15 is 4.39 Å². The number of amides is 1. The minimum Gasteiger partial charge on any atom is -0.490 e. The number of alkyl halides is 1. The average molecular weight is 782 g/mol. The second-order valence-electron chi connectivity index (χ2n) is 16.7. The summed E-state index contributed by atoms with van der Waals surface area (Å²) < 4.78 is 24.8. The maximum Gasteiger partial charge on any atom is 0.330 e. The Morgan fingerprint density at radius 3 is 2.31 bits per heavy atom. The number of halogens is 1. The van der Waals surface area contributed by atoms with E-state index in [1.807, 2.05) is 43.7 Å². The fourth-order valence-electron chi connectivity index (χ4n) is 10.5. The molecule has 14 heteroatoms. The molecule has 6 aliphatic rings. The number of aryl methyl sites for hydroxylation is 1. The molecule has 2 atom stereocenters. The topological polar surface area (TPSA) is 146 Å². The zero-order chi connectivity index (χ0) is 38.2. The lowest BCUT2D eigenvalue weighted by molar-refractivity contribution is -0.163. The number of piperidine rings is 1. The van der Waals surface area contributed by atoms with E-state index < -0.39 is 22.6 Å². The summed E-state index contributed by atoms with van der Waals surface area (Å²) in [6.45, 7) is 3.55. The van der Waals surface area contributed by atoms with Gasteiger partial charge in [0.1, 0.15) is 17.4 Å². The van der Waals surface area contributed by atoms with Crippen LogP contribution >= 0.6 is 18.5 Å². The van der Waals surface area contributed by atoms with Gasteiger partial charge in [-0.1, -0.05) is 18.5 Å². The zero-order valence-corrected chi connectivity index (χ0v) is 33.1. The minimum atomic E-state index is -2.16. The Morgan fingerprint density at radius 1 is 1.02 bits per heavy atom. The van der Waals surface area contributed by atoms with Crippen LogP contribution in [0.2, 0.25) is 0 Å². The monoisotopic (exact) mass is 781 g/mol. The predicted octanol–water partition coefficient (Wildman–Crippen LogP) is 7.16. The summed E-state index contributed by atoms with van der Waals surface area (Å²) in [5.74, 6) is 0.580. The van der Waals surface area contributed by atoms with Crippen molar-refractivity contribution >= 4 is 47.2 Å². The second kappa shape index (κ2) is 13.8. The van der Waals surface area contributed by atoms with Crippen molar-refractivity contribution < 1.29 is 23.8 Å². The van der Waals surface area contributed by atoms with Gasteiger partial charge in [0.15, 0.2) is 5.15 Å². The number of benzene rings is 1. The van der Waals surface area contributed by atoms with Gasteiger partial charge in [-0.25, -0.2) is 24.1 Å². The quantitative estimate of drug-likeness (QED) is 0.169. The molecule has 5 aliphatic carbocycles. The van der Waals surface area contributed by atoms with Crippen molar-refractivity contribution in [1.82, 2.24) is 24.8 Å². The van der Waals surface area contributed by atoms with E-state index in [0.29, 0.717) is 17.5 Å². The average Bonchev–Trinajstić information content (AvgIpc) is 3.50. The first-order chi connectivity index (χ1) is 26.4. The van der Waals surface area contributed by atoms with Crippen molar-refractivity contribution in [3.63, 3.8) is 0 Å². The van der Waals surface area contributed by atoms with Gasteiger partial charge in [0, 0.05) is 67.6 Å². The minimum absolute atomic E-state index is 0.0134. The molecule has 286 valence electrons. The summed E-state index contributed by atoms with van der Waals surface area (Å²) >= 11 is 0. The van der Waals surface area contributed by atoms with Crippen LogP contribution < -0.4 is 15.0 Å². The molecule has 2 unspecified atom stereocenters. The lowest BCUT2D eigenvalue weighted by Crippen LogP contribution is -2.70. The maximum absolute atomic E-state index is 16.1. The number of carboxylic acid groups (broad SMARTS) is 1. The van der Waals surface area contributed by atoms with Gasteiger partial charge in [0.25, 0.3) is 5.91 Å². The molecular weight excluding hydrogens is 735 g/mol. The molecule has 3 aromatic heterocycles. The molecule has 4 heterocycles. The molecule has 1 aliphatic heterocycles. The predicted molar refractivity (Wildman–Crippen MR) is 212 cm³/mol. The normalized spacial score (nSPS) is 28.8.